The van der Waals surface area contributed by atoms with Gasteiger partial charge >= 0.3 is 5.97 Å². The van der Waals surface area contributed by atoms with Crippen LogP contribution in [0.3, 0.4) is 0 Å². The summed E-state index contributed by atoms with van der Waals surface area (Å²) in [4.78, 5) is 31.0. The van der Waals surface area contributed by atoms with Crippen LogP contribution in [0.5, 0.6) is 0 Å². The Morgan fingerprint density at radius 3 is 3.00 bits per heavy atom. The summed E-state index contributed by atoms with van der Waals surface area (Å²) in [7, 11) is 0. The molecule has 0 radical (unpaired) electrons. The minimum Gasteiger partial charge on any atom is -0.466 e. The van der Waals surface area contributed by atoms with Crippen LogP contribution in [0, 0.1) is 0 Å². The van der Waals surface area contributed by atoms with E-state index in [2.05, 4.69) is 15.3 Å². The van der Waals surface area contributed by atoms with Crippen molar-refractivity contribution < 1.29 is 14.3 Å². The van der Waals surface area contributed by atoms with Crippen LogP contribution in [-0.2, 0) is 16.0 Å². The van der Waals surface area contributed by atoms with Gasteiger partial charge in [0.25, 0.3) is 5.91 Å². The Balaban J connectivity index is 1.71. The van der Waals surface area contributed by atoms with Crippen molar-refractivity contribution in [3.8, 4) is 0 Å². The number of aromatic amines is 1. The van der Waals surface area contributed by atoms with Crippen LogP contribution in [0.4, 0.5) is 5.13 Å². The molecular weight excluding hydrogens is 350 g/mol. The van der Waals surface area contributed by atoms with Crippen molar-refractivity contribution in [3.63, 3.8) is 0 Å². The van der Waals surface area contributed by atoms with Crippen LogP contribution in [0.2, 0.25) is 5.02 Å². The number of fused-ring (bicyclic) bond motifs is 1. The second-order valence-corrected chi connectivity index (χ2v) is 6.23. The zero-order chi connectivity index (χ0) is 17.1. The summed E-state index contributed by atoms with van der Waals surface area (Å²) in [5, 5.41) is 6.25. The molecular formula is C16H14ClN3O3S. The Kier molecular flexibility index (Phi) is 4.82. The number of thiazole rings is 1. The monoisotopic (exact) mass is 363 g/mol. The smallest absolute Gasteiger partial charge is 0.311 e. The fourth-order valence-electron chi connectivity index (χ4n) is 2.21. The maximum absolute atomic E-state index is 12.3. The highest BCUT2D eigenvalue weighted by molar-refractivity contribution is 7.14. The van der Waals surface area contributed by atoms with Gasteiger partial charge in [-0.05, 0) is 19.1 Å². The predicted octanol–water partition coefficient (Wildman–Crippen LogP) is 3.64. The van der Waals surface area contributed by atoms with Crippen molar-refractivity contribution in [2.75, 3.05) is 11.9 Å². The normalized spacial score (nSPS) is 10.8. The highest BCUT2D eigenvalue weighted by Crippen LogP contribution is 2.24. The predicted molar refractivity (Wildman–Crippen MR) is 93.7 cm³/mol. The lowest BCUT2D eigenvalue weighted by molar-refractivity contribution is -0.142. The Morgan fingerprint density at radius 1 is 1.42 bits per heavy atom. The summed E-state index contributed by atoms with van der Waals surface area (Å²) in [6.45, 7) is 2.08. The number of amides is 1. The van der Waals surface area contributed by atoms with Crippen LogP contribution in [0.1, 0.15) is 23.1 Å². The molecule has 2 heterocycles. The molecule has 0 saturated heterocycles. The number of benzene rings is 1. The molecule has 124 valence electrons. The number of carbonyl (C=O) groups excluding carboxylic acids is 2. The Labute approximate surface area is 146 Å². The second kappa shape index (κ2) is 7.02. The standard InChI is InChI=1S/C16H14ClN3O3S/c1-2-23-13(21)7-10-8-24-16(18-10)20-15(22)12-6-9-4-3-5-11(17)14(9)19-12/h3-6,8,19H,2,7H2,1H3,(H,18,20,22). The first-order valence-electron chi connectivity index (χ1n) is 7.25. The number of nitrogens with one attached hydrogen (secondary N) is 2. The fraction of sp³-hybridized carbons (Fsp3) is 0.188. The van der Waals surface area contributed by atoms with E-state index in [9.17, 15) is 9.59 Å². The number of rotatable bonds is 5. The van der Waals surface area contributed by atoms with E-state index < -0.39 is 0 Å². The van der Waals surface area contributed by atoms with E-state index in [1.54, 1.807) is 24.4 Å². The van der Waals surface area contributed by atoms with Gasteiger partial charge in [0, 0.05) is 10.8 Å². The van der Waals surface area contributed by atoms with Gasteiger partial charge in [0.1, 0.15) is 5.69 Å². The van der Waals surface area contributed by atoms with E-state index in [0.717, 1.165) is 5.39 Å². The Hall–Kier alpha value is -2.38. The Bertz CT molecular complexity index is 903. The van der Waals surface area contributed by atoms with Gasteiger partial charge in [0.15, 0.2) is 5.13 Å². The molecule has 6 nitrogen and oxygen atoms in total. The minimum absolute atomic E-state index is 0.0855. The number of carbonyl (C=O) groups is 2. The van der Waals surface area contributed by atoms with Crippen molar-refractivity contribution in [3.05, 3.63) is 46.1 Å². The molecule has 2 N–H and O–H groups in total. The van der Waals surface area contributed by atoms with Crippen LogP contribution < -0.4 is 5.32 Å². The van der Waals surface area contributed by atoms with Crippen molar-refractivity contribution in [1.82, 2.24) is 9.97 Å². The number of H-pyrrole nitrogens is 1. The van der Waals surface area contributed by atoms with Gasteiger partial charge in [-0.2, -0.15) is 0 Å². The first-order chi connectivity index (χ1) is 11.6. The molecule has 0 bridgehead atoms. The first kappa shape index (κ1) is 16.5. The number of esters is 1. The minimum atomic E-state index is -0.342. The number of para-hydroxylation sites is 1. The largest absolute Gasteiger partial charge is 0.466 e. The number of hydrogen-bond donors (Lipinski definition) is 2. The number of halogens is 1. The number of hydrogen-bond acceptors (Lipinski definition) is 5. The van der Waals surface area contributed by atoms with Crippen LogP contribution in [0.15, 0.2) is 29.6 Å². The molecule has 0 atom stereocenters. The van der Waals surface area contributed by atoms with Gasteiger partial charge < -0.3 is 9.72 Å². The average molecular weight is 364 g/mol. The van der Waals surface area contributed by atoms with E-state index in [-0.39, 0.29) is 18.3 Å². The lowest BCUT2D eigenvalue weighted by Crippen LogP contribution is -2.12. The number of ether oxygens (including phenoxy) is 1. The van der Waals surface area contributed by atoms with Gasteiger partial charge in [0.2, 0.25) is 0 Å². The maximum Gasteiger partial charge on any atom is 0.311 e. The summed E-state index contributed by atoms with van der Waals surface area (Å²) in [6, 6.07) is 7.17. The van der Waals surface area contributed by atoms with Crippen LogP contribution in [-0.4, -0.2) is 28.5 Å². The van der Waals surface area contributed by atoms with E-state index in [1.807, 2.05) is 12.1 Å². The molecule has 0 aliphatic carbocycles. The molecule has 3 aromatic rings. The van der Waals surface area contributed by atoms with Crippen molar-refractivity contribution in [2.24, 2.45) is 0 Å². The molecule has 2 aromatic heterocycles. The highest BCUT2D eigenvalue weighted by atomic mass is 35.5. The third-order valence-corrected chi connectivity index (χ3v) is 4.37. The summed E-state index contributed by atoms with van der Waals surface area (Å²) in [5.41, 5.74) is 1.67. The fourth-order valence-corrected chi connectivity index (χ4v) is 3.15. The summed E-state index contributed by atoms with van der Waals surface area (Å²) < 4.78 is 4.87. The average Bonchev–Trinajstić information content (AvgIpc) is 3.15. The molecule has 0 aliphatic rings. The van der Waals surface area contributed by atoms with Gasteiger partial charge in [-0.15, -0.1) is 11.3 Å². The maximum atomic E-state index is 12.3. The molecule has 0 fully saturated rings. The van der Waals surface area contributed by atoms with Crippen molar-refractivity contribution in [2.45, 2.75) is 13.3 Å². The second-order valence-electron chi connectivity index (χ2n) is 4.97. The lowest BCUT2D eigenvalue weighted by atomic mass is 10.2. The molecule has 0 saturated carbocycles. The third-order valence-electron chi connectivity index (χ3n) is 3.25. The molecule has 8 heteroatoms. The molecule has 0 aliphatic heterocycles. The molecule has 0 unspecified atom stereocenters. The first-order valence-corrected chi connectivity index (χ1v) is 8.51. The van der Waals surface area contributed by atoms with Gasteiger partial charge in [-0.3, -0.25) is 14.9 Å². The van der Waals surface area contributed by atoms with E-state index in [1.165, 1.54) is 11.3 Å². The number of anilines is 1. The van der Waals surface area contributed by atoms with Gasteiger partial charge in [0.05, 0.1) is 29.3 Å². The van der Waals surface area contributed by atoms with E-state index >= 15 is 0 Å². The molecule has 24 heavy (non-hydrogen) atoms. The molecule has 1 aromatic carbocycles. The van der Waals surface area contributed by atoms with Crippen LogP contribution in [0.25, 0.3) is 10.9 Å². The van der Waals surface area contributed by atoms with E-state index in [0.29, 0.717) is 33.7 Å². The quantitative estimate of drug-likeness (QED) is 0.678. The van der Waals surface area contributed by atoms with Crippen molar-refractivity contribution >= 4 is 50.8 Å². The van der Waals surface area contributed by atoms with Crippen molar-refractivity contribution in [1.29, 1.82) is 0 Å². The van der Waals surface area contributed by atoms with Gasteiger partial charge in [-0.1, -0.05) is 23.7 Å². The molecule has 1 amide bonds. The van der Waals surface area contributed by atoms with Gasteiger partial charge in [-0.25, -0.2) is 4.98 Å². The topological polar surface area (TPSA) is 84.1 Å². The molecule has 0 spiro atoms. The molecule has 3 rings (SSSR count). The Morgan fingerprint density at radius 2 is 2.25 bits per heavy atom. The summed E-state index contributed by atoms with van der Waals surface area (Å²) in [6.07, 6.45) is 0.0855. The summed E-state index contributed by atoms with van der Waals surface area (Å²) in [5.74, 6) is -0.662. The van der Waals surface area contributed by atoms with Crippen LogP contribution >= 0.6 is 22.9 Å². The lowest BCUT2D eigenvalue weighted by Gasteiger charge is -1.99. The number of aromatic nitrogens is 2. The summed E-state index contributed by atoms with van der Waals surface area (Å²) >= 11 is 7.35. The third kappa shape index (κ3) is 3.58. The SMILES string of the molecule is CCOC(=O)Cc1csc(NC(=O)c2cc3cccc(Cl)c3[nH]2)n1. The van der Waals surface area contributed by atoms with E-state index in [4.69, 9.17) is 16.3 Å². The zero-order valence-electron chi connectivity index (χ0n) is 12.8. The zero-order valence-corrected chi connectivity index (χ0v) is 14.3. The highest BCUT2D eigenvalue weighted by Gasteiger charge is 2.14. The number of nitrogens with zero attached hydrogens (tertiary/aromatic N) is 1.